The van der Waals surface area contributed by atoms with Crippen LogP contribution >= 0.6 is 0 Å². The van der Waals surface area contributed by atoms with Crippen LogP contribution in [0.2, 0.25) is 0 Å². The number of benzene rings is 1. The molecule has 1 rings (SSSR count). The quantitative estimate of drug-likeness (QED) is 0.272. The van der Waals surface area contributed by atoms with E-state index in [4.69, 9.17) is 10.2 Å². The van der Waals surface area contributed by atoms with Gasteiger partial charge in [-0.1, -0.05) is 18.7 Å². The molecule has 0 saturated heterocycles. The minimum absolute atomic E-state index is 0.0853. The minimum Gasteiger partial charge on any atom is -0.504 e. The van der Waals surface area contributed by atoms with Crippen molar-refractivity contribution in [2.24, 2.45) is 5.73 Å². The molecule has 0 heterocycles. The first-order valence-corrected chi connectivity index (χ1v) is 5.25. The van der Waals surface area contributed by atoms with Crippen LogP contribution in [0.4, 0.5) is 0 Å². The molecule has 5 N–H and O–H groups in total. The number of nitrogens with two attached hydrogens (primary N) is 1. The van der Waals surface area contributed by atoms with Gasteiger partial charge in [-0.25, -0.2) is 0 Å². The summed E-state index contributed by atoms with van der Waals surface area (Å²) in [7, 11) is 0. The van der Waals surface area contributed by atoms with Gasteiger partial charge >= 0.3 is 0 Å². The van der Waals surface area contributed by atoms with Gasteiger partial charge < -0.3 is 21.3 Å². The van der Waals surface area contributed by atoms with E-state index in [1.165, 1.54) is 12.1 Å². The lowest BCUT2D eigenvalue weighted by atomic mass is 10.2. The van der Waals surface area contributed by atoms with Crippen LogP contribution in [0.5, 0.6) is 11.5 Å². The number of carbonyl (C=O) groups excluding carboxylic acids is 1. The van der Waals surface area contributed by atoms with Crippen molar-refractivity contribution in [2.45, 2.75) is 6.54 Å². The summed E-state index contributed by atoms with van der Waals surface area (Å²) in [4.78, 5) is 9.47. The van der Waals surface area contributed by atoms with Crippen LogP contribution in [0.1, 0.15) is 5.56 Å². The van der Waals surface area contributed by atoms with Gasteiger partial charge in [0.05, 0.1) is 0 Å². The lowest BCUT2D eigenvalue weighted by Crippen LogP contribution is -2.12. The molecule has 0 unspecified atom stereocenters. The number of hydrogen-bond acceptors (Lipinski definition) is 4. The maximum absolute atomic E-state index is 9.47. The van der Waals surface area contributed by atoms with Gasteiger partial charge in [-0.3, -0.25) is 4.79 Å². The normalized spacial score (nSPS) is 8.89. The molecule has 0 aliphatic heterocycles. The maximum atomic E-state index is 9.47. The van der Waals surface area contributed by atoms with Crippen LogP contribution in [-0.4, -0.2) is 22.7 Å². The average molecular weight is 250 g/mol. The first-order valence-electron chi connectivity index (χ1n) is 5.25. The average Bonchev–Trinajstić information content (AvgIpc) is 2.35. The van der Waals surface area contributed by atoms with Gasteiger partial charge in [-0.15, -0.1) is 6.58 Å². The Morgan fingerprint density at radius 3 is 2.39 bits per heavy atom. The Morgan fingerprint density at radius 1 is 1.33 bits per heavy atom. The van der Waals surface area contributed by atoms with Crippen LogP contribution in [0.15, 0.2) is 43.5 Å². The zero-order chi connectivity index (χ0) is 14.0. The number of phenols is 2. The van der Waals surface area contributed by atoms with Crippen molar-refractivity contribution in [1.29, 1.82) is 0 Å². The fraction of sp³-hybridized carbons (Fsp3) is 0.154. The summed E-state index contributed by atoms with van der Waals surface area (Å²) in [6, 6.07) is 4.76. The molecule has 1 aromatic carbocycles. The zero-order valence-corrected chi connectivity index (χ0v) is 10.1. The number of phenolic OH excluding ortho intramolecular Hbond substituents is 2. The van der Waals surface area contributed by atoms with Crippen molar-refractivity contribution in [1.82, 2.24) is 5.32 Å². The van der Waals surface area contributed by atoms with Crippen LogP contribution < -0.4 is 11.1 Å². The molecule has 0 atom stereocenters. The summed E-state index contributed by atoms with van der Waals surface area (Å²) in [6.07, 6.45) is 2.82. The molecule has 0 fully saturated rings. The first-order chi connectivity index (χ1) is 8.51. The second kappa shape index (κ2) is 8.83. The molecule has 0 saturated carbocycles. The number of hydrogen-bond donors (Lipinski definition) is 4. The fourth-order valence-electron chi connectivity index (χ4n) is 0.998. The van der Waals surface area contributed by atoms with Gasteiger partial charge in [0, 0.05) is 13.1 Å². The molecule has 0 aliphatic rings. The third kappa shape index (κ3) is 7.08. The van der Waals surface area contributed by atoms with Gasteiger partial charge in [0.15, 0.2) is 11.5 Å². The summed E-state index contributed by atoms with van der Waals surface area (Å²) in [5.74, 6) is -0.657. The topological polar surface area (TPSA) is 95.6 Å². The lowest BCUT2D eigenvalue weighted by molar-refractivity contribution is -0.113. The largest absolute Gasteiger partial charge is 0.504 e. The minimum atomic E-state index is -0.481. The first kappa shape index (κ1) is 15.7. The highest BCUT2D eigenvalue weighted by Gasteiger charge is 1.99. The molecule has 1 aromatic rings. The van der Waals surface area contributed by atoms with E-state index in [1.807, 2.05) is 0 Å². The monoisotopic (exact) mass is 250 g/mol. The fourth-order valence-corrected chi connectivity index (χ4v) is 0.998. The van der Waals surface area contributed by atoms with E-state index in [9.17, 15) is 4.79 Å². The van der Waals surface area contributed by atoms with Gasteiger partial charge in [-0.2, -0.15) is 0 Å². The second-order valence-electron chi connectivity index (χ2n) is 3.35. The van der Waals surface area contributed by atoms with Crippen LogP contribution in [0.25, 0.3) is 0 Å². The number of rotatable bonds is 5. The number of amides is 1. The molecule has 0 bridgehead atoms. The molecule has 0 spiro atoms. The summed E-state index contributed by atoms with van der Waals surface area (Å²) >= 11 is 0. The predicted octanol–water partition coefficient (Wildman–Crippen LogP) is 1.03. The Morgan fingerprint density at radius 2 is 1.94 bits per heavy atom. The Kier molecular flexibility index (Phi) is 7.72. The van der Waals surface area contributed by atoms with E-state index in [-0.39, 0.29) is 11.5 Å². The summed E-state index contributed by atoms with van der Waals surface area (Å²) in [6.45, 7) is 8.03. The van der Waals surface area contributed by atoms with Crippen molar-refractivity contribution < 1.29 is 15.0 Å². The van der Waals surface area contributed by atoms with Gasteiger partial charge in [0.2, 0.25) is 5.91 Å². The van der Waals surface area contributed by atoms with E-state index in [0.29, 0.717) is 6.54 Å². The molecular formula is C13H18N2O3. The molecular weight excluding hydrogens is 232 g/mol. The lowest BCUT2D eigenvalue weighted by Gasteiger charge is -2.03. The maximum Gasteiger partial charge on any atom is 0.240 e. The predicted molar refractivity (Wildman–Crippen MR) is 71.1 cm³/mol. The third-order valence-corrected chi connectivity index (χ3v) is 1.86. The molecule has 0 aliphatic carbocycles. The highest BCUT2D eigenvalue weighted by Crippen LogP contribution is 2.24. The van der Waals surface area contributed by atoms with E-state index in [0.717, 1.165) is 18.2 Å². The number of primary amides is 1. The summed E-state index contributed by atoms with van der Waals surface area (Å²) < 4.78 is 0. The zero-order valence-electron chi connectivity index (χ0n) is 10.1. The molecule has 5 heteroatoms. The van der Waals surface area contributed by atoms with E-state index < -0.39 is 5.91 Å². The Labute approximate surface area is 106 Å². The molecule has 98 valence electrons. The van der Waals surface area contributed by atoms with E-state index >= 15 is 0 Å². The molecule has 5 nitrogen and oxygen atoms in total. The van der Waals surface area contributed by atoms with Crippen LogP contribution in [0, 0.1) is 0 Å². The number of aromatic hydroxyl groups is 2. The van der Waals surface area contributed by atoms with Gasteiger partial charge in [0.1, 0.15) is 0 Å². The van der Waals surface area contributed by atoms with Crippen molar-refractivity contribution in [3.05, 3.63) is 49.1 Å². The number of nitrogens with one attached hydrogen (secondary N) is 1. The summed E-state index contributed by atoms with van der Waals surface area (Å²) in [5.41, 5.74) is 5.46. The van der Waals surface area contributed by atoms with E-state index in [2.05, 4.69) is 24.2 Å². The van der Waals surface area contributed by atoms with Crippen LogP contribution in [0.3, 0.4) is 0 Å². The van der Waals surface area contributed by atoms with Crippen LogP contribution in [-0.2, 0) is 11.3 Å². The molecule has 1 amide bonds. The second-order valence-corrected chi connectivity index (χ2v) is 3.35. The van der Waals surface area contributed by atoms with Crippen molar-refractivity contribution in [3.8, 4) is 11.5 Å². The van der Waals surface area contributed by atoms with Crippen molar-refractivity contribution in [2.75, 3.05) is 6.54 Å². The molecule has 18 heavy (non-hydrogen) atoms. The van der Waals surface area contributed by atoms with E-state index in [1.54, 1.807) is 12.1 Å². The Balaban J connectivity index is 0.000000494. The molecule has 0 aromatic heterocycles. The molecule has 0 radical (unpaired) electrons. The highest BCUT2D eigenvalue weighted by molar-refractivity contribution is 5.84. The third-order valence-electron chi connectivity index (χ3n) is 1.86. The summed E-state index contributed by atoms with van der Waals surface area (Å²) in [5, 5.41) is 21.3. The van der Waals surface area contributed by atoms with Gasteiger partial charge in [-0.05, 0) is 23.8 Å². The Bertz CT molecular complexity index is 417. The standard InChI is InChI=1S/C10H13NO2.C3H5NO/c1-2-5-11-7-8-3-4-9(12)10(13)6-8;1-2-3(4)5/h2-4,6,11-13H,1,5,7H2;2H,1H2,(H2,4,5). The van der Waals surface area contributed by atoms with Gasteiger partial charge in [0.25, 0.3) is 0 Å². The van der Waals surface area contributed by atoms with Crippen molar-refractivity contribution >= 4 is 5.91 Å². The highest BCUT2D eigenvalue weighted by atomic mass is 16.3. The smallest absolute Gasteiger partial charge is 0.240 e. The Hall–Kier alpha value is -2.27. The SMILES string of the molecule is C=CC(N)=O.C=CCNCc1ccc(O)c(O)c1. The van der Waals surface area contributed by atoms with Crippen molar-refractivity contribution in [3.63, 3.8) is 0 Å². The number of carbonyl (C=O) groups is 1.